The number of benzene rings is 3. The van der Waals surface area contributed by atoms with Crippen LogP contribution in [0.5, 0.6) is 5.75 Å². The van der Waals surface area contributed by atoms with Crippen molar-refractivity contribution < 1.29 is 14.3 Å². The minimum absolute atomic E-state index is 0.0315. The second-order valence-electron chi connectivity index (χ2n) is 8.30. The Balaban J connectivity index is 1.53. The van der Waals surface area contributed by atoms with Gasteiger partial charge in [-0.25, -0.2) is 0 Å². The summed E-state index contributed by atoms with van der Waals surface area (Å²) in [5.41, 5.74) is 3.47. The normalized spacial score (nSPS) is 14.9. The van der Waals surface area contributed by atoms with Crippen LogP contribution in [0, 0.1) is 5.41 Å². The highest BCUT2D eigenvalue weighted by Crippen LogP contribution is 2.38. The van der Waals surface area contributed by atoms with Crippen molar-refractivity contribution >= 4 is 23.2 Å². The molecule has 1 heterocycles. The molecule has 5 heteroatoms. The second kappa shape index (κ2) is 8.26. The zero-order valence-electron chi connectivity index (χ0n) is 18.0. The third-order valence-corrected chi connectivity index (χ3v) is 5.49. The van der Waals surface area contributed by atoms with E-state index >= 15 is 0 Å². The Bertz CT molecular complexity index is 1110. The predicted molar refractivity (Wildman–Crippen MR) is 124 cm³/mol. The zero-order chi connectivity index (χ0) is 22.0. The zero-order valence-corrected chi connectivity index (χ0v) is 18.0. The van der Waals surface area contributed by atoms with Gasteiger partial charge in [-0.1, -0.05) is 42.5 Å². The lowest BCUT2D eigenvalue weighted by Gasteiger charge is -2.26. The van der Waals surface area contributed by atoms with Gasteiger partial charge in [-0.3, -0.25) is 9.59 Å². The summed E-state index contributed by atoms with van der Waals surface area (Å²) in [5, 5.41) is 2.93. The van der Waals surface area contributed by atoms with Gasteiger partial charge in [0.15, 0.2) is 0 Å². The van der Waals surface area contributed by atoms with E-state index in [0.717, 1.165) is 16.8 Å². The number of hydrogen-bond acceptors (Lipinski definition) is 3. The molecule has 1 aliphatic heterocycles. The van der Waals surface area contributed by atoms with Crippen LogP contribution in [0.3, 0.4) is 0 Å². The van der Waals surface area contributed by atoms with Crippen molar-refractivity contribution in [2.45, 2.75) is 20.8 Å². The van der Waals surface area contributed by atoms with Gasteiger partial charge in [0.2, 0.25) is 5.91 Å². The molecule has 0 aliphatic carbocycles. The van der Waals surface area contributed by atoms with Crippen LogP contribution in [0.15, 0.2) is 72.8 Å². The Morgan fingerprint density at radius 1 is 1.00 bits per heavy atom. The first-order chi connectivity index (χ1) is 14.9. The number of nitrogens with one attached hydrogen (secondary N) is 1. The van der Waals surface area contributed by atoms with Crippen LogP contribution in [0.1, 0.15) is 31.1 Å². The summed E-state index contributed by atoms with van der Waals surface area (Å²) in [5.74, 6) is 0.430. The molecule has 3 aromatic carbocycles. The maximum Gasteiger partial charge on any atom is 0.255 e. The summed E-state index contributed by atoms with van der Waals surface area (Å²) in [4.78, 5) is 27.3. The van der Waals surface area contributed by atoms with E-state index in [-0.39, 0.29) is 18.4 Å². The van der Waals surface area contributed by atoms with Gasteiger partial charge >= 0.3 is 0 Å². The molecule has 0 unspecified atom stereocenters. The molecule has 4 rings (SSSR count). The maximum absolute atomic E-state index is 12.8. The highest BCUT2D eigenvalue weighted by molar-refractivity contribution is 6.05. The minimum atomic E-state index is -0.612. The minimum Gasteiger partial charge on any atom is -0.490 e. The molecule has 31 heavy (non-hydrogen) atoms. The number of carbonyl (C=O) groups is 2. The Labute approximate surface area is 182 Å². The average molecular weight is 415 g/mol. The summed E-state index contributed by atoms with van der Waals surface area (Å²) < 4.78 is 5.95. The third kappa shape index (κ3) is 4.17. The number of amides is 2. The Hall–Kier alpha value is -3.60. The van der Waals surface area contributed by atoms with Crippen LogP contribution in [-0.4, -0.2) is 25.0 Å². The molecule has 0 saturated carbocycles. The highest BCUT2D eigenvalue weighted by atomic mass is 16.5. The van der Waals surface area contributed by atoms with E-state index in [1.807, 2.05) is 81.4 Å². The molecule has 0 bridgehead atoms. The molecular formula is C26H26N2O3. The van der Waals surface area contributed by atoms with Gasteiger partial charge in [-0.05, 0) is 56.2 Å². The summed E-state index contributed by atoms with van der Waals surface area (Å²) in [7, 11) is 0. The molecule has 2 amide bonds. The van der Waals surface area contributed by atoms with Crippen molar-refractivity contribution in [3.63, 3.8) is 0 Å². The topological polar surface area (TPSA) is 58.6 Å². The molecule has 3 aromatic rings. The Kier molecular flexibility index (Phi) is 5.51. The molecule has 0 aromatic heterocycles. The third-order valence-electron chi connectivity index (χ3n) is 5.49. The van der Waals surface area contributed by atoms with Crippen molar-refractivity contribution in [2.75, 3.05) is 23.4 Å². The van der Waals surface area contributed by atoms with Crippen molar-refractivity contribution in [3.8, 4) is 16.9 Å². The fourth-order valence-electron chi connectivity index (χ4n) is 3.69. The van der Waals surface area contributed by atoms with Gasteiger partial charge in [0.05, 0.1) is 11.1 Å². The molecule has 1 N–H and O–H groups in total. The number of fused-ring (bicyclic) bond motifs is 1. The molecule has 0 saturated heterocycles. The first-order valence-corrected chi connectivity index (χ1v) is 10.4. The Morgan fingerprint density at radius 2 is 1.68 bits per heavy atom. The van der Waals surface area contributed by atoms with Crippen LogP contribution in [0.4, 0.5) is 11.4 Å². The maximum atomic E-state index is 12.8. The van der Waals surface area contributed by atoms with E-state index < -0.39 is 5.41 Å². The lowest BCUT2D eigenvalue weighted by molar-refractivity contribution is -0.127. The molecule has 0 spiro atoms. The van der Waals surface area contributed by atoms with E-state index in [9.17, 15) is 9.59 Å². The van der Waals surface area contributed by atoms with Crippen LogP contribution in [-0.2, 0) is 4.79 Å². The smallest absolute Gasteiger partial charge is 0.255 e. The fourth-order valence-corrected chi connectivity index (χ4v) is 3.69. The molecule has 1 aliphatic rings. The standard InChI is InChI=1S/C26H26N2O3/c1-4-28-22-15-14-21(16-23(22)31-17-26(2,3)25(28)30)27-24(29)20-12-10-19(11-13-20)18-8-6-5-7-9-18/h5-16H,4,17H2,1-3H3,(H,27,29). The summed E-state index contributed by atoms with van der Waals surface area (Å²) >= 11 is 0. The van der Waals surface area contributed by atoms with Gasteiger partial charge in [-0.2, -0.15) is 0 Å². The van der Waals surface area contributed by atoms with Crippen molar-refractivity contribution in [2.24, 2.45) is 5.41 Å². The molecule has 0 radical (unpaired) electrons. The van der Waals surface area contributed by atoms with Gasteiger partial charge in [0, 0.05) is 23.9 Å². The predicted octanol–water partition coefficient (Wildman–Crippen LogP) is 5.38. The molecule has 0 fully saturated rings. The monoisotopic (exact) mass is 414 g/mol. The fraction of sp³-hybridized carbons (Fsp3) is 0.231. The van der Waals surface area contributed by atoms with E-state index in [4.69, 9.17) is 4.74 Å². The first-order valence-electron chi connectivity index (χ1n) is 10.4. The van der Waals surface area contributed by atoms with Gasteiger partial charge in [-0.15, -0.1) is 0 Å². The number of anilines is 2. The molecule has 0 atom stereocenters. The van der Waals surface area contributed by atoms with Crippen molar-refractivity contribution in [1.29, 1.82) is 0 Å². The largest absolute Gasteiger partial charge is 0.490 e. The lowest BCUT2D eigenvalue weighted by Crippen LogP contribution is -2.42. The van der Waals surface area contributed by atoms with E-state index in [1.54, 1.807) is 17.0 Å². The number of ether oxygens (including phenoxy) is 1. The number of carbonyl (C=O) groups excluding carboxylic acids is 2. The number of hydrogen-bond donors (Lipinski definition) is 1. The summed E-state index contributed by atoms with van der Waals surface area (Å²) in [6.07, 6.45) is 0. The molecule has 158 valence electrons. The van der Waals surface area contributed by atoms with Crippen LogP contribution in [0.2, 0.25) is 0 Å². The Morgan fingerprint density at radius 3 is 2.35 bits per heavy atom. The van der Waals surface area contributed by atoms with E-state index in [1.165, 1.54) is 0 Å². The van der Waals surface area contributed by atoms with Crippen LogP contribution >= 0.6 is 0 Å². The summed E-state index contributed by atoms with van der Waals surface area (Å²) in [6.45, 7) is 6.54. The SMILES string of the molecule is CCN1C(=O)C(C)(C)COc2cc(NC(=O)c3ccc(-c4ccccc4)cc3)ccc21. The molecular weight excluding hydrogens is 388 g/mol. The lowest BCUT2D eigenvalue weighted by atomic mass is 9.93. The van der Waals surface area contributed by atoms with Crippen LogP contribution < -0.4 is 15.0 Å². The molecule has 5 nitrogen and oxygen atoms in total. The number of rotatable bonds is 4. The van der Waals surface area contributed by atoms with Crippen molar-refractivity contribution in [1.82, 2.24) is 0 Å². The van der Waals surface area contributed by atoms with Gasteiger partial charge in [0.1, 0.15) is 12.4 Å². The summed E-state index contributed by atoms with van der Waals surface area (Å²) in [6, 6.07) is 23.0. The quantitative estimate of drug-likeness (QED) is 0.624. The number of nitrogens with zero attached hydrogens (tertiary/aromatic N) is 1. The van der Waals surface area contributed by atoms with E-state index in [2.05, 4.69) is 5.32 Å². The van der Waals surface area contributed by atoms with Crippen molar-refractivity contribution in [3.05, 3.63) is 78.4 Å². The highest BCUT2D eigenvalue weighted by Gasteiger charge is 2.37. The van der Waals surface area contributed by atoms with E-state index in [0.29, 0.717) is 23.5 Å². The van der Waals surface area contributed by atoms with Crippen LogP contribution in [0.25, 0.3) is 11.1 Å². The average Bonchev–Trinajstić information content (AvgIpc) is 2.88. The second-order valence-corrected chi connectivity index (χ2v) is 8.30. The first kappa shape index (κ1) is 20.7. The van der Waals surface area contributed by atoms with Gasteiger partial charge < -0.3 is 15.0 Å². The van der Waals surface area contributed by atoms with Gasteiger partial charge in [0.25, 0.3) is 5.91 Å².